The fourth-order valence-electron chi connectivity index (χ4n) is 1.13. The van der Waals surface area contributed by atoms with E-state index in [4.69, 9.17) is 4.74 Å². The van der Waals surface area contributed by atoms with Crippen LogP contribution in [0.3, 0.4) is 0 Å². The molecule has 0 aromatic carbocycles. The molecule has 1 atom stereocenters. The number of halogens is 1. The van der Waals surface area contributed by atoms with Crippen molar-refractivity contribution >= 4 is 32.8 Å². The molecule has 1 aliphatic heterocycles. The first-order chi connectivity index (χ1) is 6.29. The molecule has 0 radical (unpaired) electrons. The molecule has 0 spiro atoms. The summed E-state index contributed by atoms with van der Waals surface area (Å²) < 4.78 is 4.70. The van der Waals surface area contributed by atoms with Crippen molar-refractivity contribution < 1.29 is 9.53 Å². The maximum absolute atomic E-state index is 11.3. The molecule has 74 valence electrons. The Hall–Kier alpha value is -0.220. The zero-order chi connectivity index (χ0) is 9.68. The maximum Gasteiger partial charge on any atom is 0.342 e. The third-order valence-electron chi connectivity index (χ3n) is 1.76. The molecule has 2 nitrogen and oxygen atoms in total. The summed E-state index contributed by atoms with van der Waals surface area (Å²) in [6.07, 6.45) is 4.92. The second-order valence-corrected chi connectivity index (χ2v) is 5.58. The van der Waals surface area contributed by atoms with E-state index >= 15 is 0 Å². The highest BCUT2D eigenvalue weighted by atomic mass is 79.9. The molecule has 0 aromatic heterocycles. The third kappa shape index (κ3) is 2.88. The lowest BCUT2D eigenvalue weighted by atomic mass is 10.5. The van der Waals surface area contributed by atoms with Gasteiger partial charge in [-0.1, -0.05) is 22.0 Å². The largest absolute Gasteiger partial charge is 0.465 e. The van der Waals surface area contributed by atoms with Crippen LogP contribution in [0, 0.1) is 0 Å². The van der Waals surface area contributed by atoms with Crippen molar-refractivity contribution in [3.8, 4) is 0 Å². The van der Waals surface area contributed by atoms with Crippen molar-refractivity contribution in [2.45, 2.75) is 6.42 Å². The standard InChI is InChI=1S/C9H13BrO2S/c1-12-9(11)8-4-2-6-13(8)7-3-5-10/h2,4,6,13H,3,5,7H2,1H3. The second kappa shape index (κ2) is 5.50. The van der Waals surface area contributed by atoms with Crippen molar-refractivity contribution in [2.75, 3.05) is 18.2 Å². The van der Waals surface area contributed by atoms with Gasteiger partial charge in [-0.15, -0.1) is 0 Å². The lowest BCUT2D eigenvalue weighted by Crippen LogP contribution is -2.04. The zero-order valence-electron chi connectivity index (χ0n) is 7.50. The van der Waals surface area contributed by atoms with Crippen LogP contribution in [0.4, 0.5) is 0 Å². The molecule has 1 unspecified atom stereocenters. The number of alkyl halides is 1. The highest BCUT2D eigenvalue weighted by molar-refractivity contribution is 9.09. The Labute approximate surface area is 89.5 Å². The van der Waals surface area contributed by atoms with Crippen molar-refractivity contribution in [1.82, 2.24) is 0 Å². The highest BCUT2D eigenvalue weighted by Crippen LogP contribution is 2.41. The van der Waals surface area contributed by atoms with Crippen molar-refractivity contribution in [3.05, 3.63) is 22.5 Å². The Balaban J connectivity index is 2.51. The molecule has 1 aliphatic rings. The minimum atomic E-state index is -0.384. The first-order valence-corrected chi connectivity index (χ1v) is 6.80. The Bertz CT molecular complexity index is 248. The lowest BCUT2D eigenvalue weighted by molar-refractivity contribution is -0.135. The van der Waals surface area contributed by atoms with Crippen LogP contribution < -0.4 is 0 Å². The average molecular weight is 265 g/mol. The van der Waals surface area contributed by atoms with Gasteiger partial charge in [0.15, 0.2) is 0 Å². The summed E-state index contributed by atoms with van der Waals surface area (Å²) >= 11 is 3.38. The van der Waals surface area contributed by atoms with E-state index < -0.39 is 0 Å². The van der Waals surface area contributed by atoms with Gasteiger partial charge < -0.3 is 4.74 Å². The summed E-state index contributed by atoms with van der Waals surface area (Å²) in [6, 6.07) is 0. The van der Waals surface area contributed by atoms with Gasteiger partial charge in [-0.2, -0.15) is 10.9 Å². The molecule has 1 rings (SSSR count). The van der Waals surface area contributed by atoms with Crippen LogP contribution in [-0.2, 0) is 9.53 Å². The van der Waals surface area contributed by atoms with Gasteiger partial charge in [-0.05, 0) is 23.7 Å². The molecule has 0 N–H and O–H groups in total. The number of carbonyl (C=O) groups excluding carboxylic acids is 1. The predicted molar refractivity (Wildman–Crippen MR) is 61.5 cm³/mol. The van der Waals surface area contributed by atoms with Crippen LogP contribution >= 0.6 is 26.8 Å². The maximum atomic E-state index is 11.3. The van der Waals surface area contributed by atoms with E-state index in [1.54, 1.807) is 0 Å². The molecule has 0 aliphatic carbocycles. The summed E-state index contributed by atoms with van der Waals surface area (Å²) in [5.74, 6) is 0.892. The van der Waals surface area contributed by atoms with Crippen molar-refractivity contribution in [3.63, 3.8) is 0 Å². The number of esters is 1. The summed E-state index contributed by atoms with van der Waals surface area (Å²) in [5.41, 5.74) is 0. The van der Waals surface area contributed by atoms with Crippen LogP contribution in [0.25, 0.3) is 0 Å². The number of ether oxygens (including phenoxy) is 1. The van der Waals surface area contributed by atoms with Gasteiger partial charge >= 0.3 is 5.97 Å². The number of hydrogen-bond donors (Lipinski definition) is 1. The van der Waals surface area contributed by atoms with Crippen LogP contribution in [0.2, 0.25) is 0 Å². The number of allylic oxidation sites excluding steroid dienone is 2. The first kappa shape index (κ1) is 10.9. The molecular formula is C9H13BrO2S. The summed E-state index contributed by atoms with van der Waals surface area (Å²) in [5, 5.41) is 3.11. The summed E-state index contributed by atoms with van der Waals surface area (Å²) in [4.78, 5) is 12.1. The molecule has 0 aromatic rings. The fraction of sp³-hybridized carbons (Fsp3) is 0.444. The van der Waals surface area contributed by atoms with Gasteiger partial charge in [-0.25, -0.2) is 4.79 Å². The van der Waals surface area contributed by atoms with Gasteiger partial charge in [0.1, 0.15) is 0 Å². The Morgan fingerprint density at radius 3 is 3.08 bits per heavy atom. The van der Waals surface area contributed by atoms with E-state index in [2.05, 4.69) is 21.3 Å². The quantitative estimate of drug-likeness (QED) is 0.480. The molecule has 1 heterocycles. The van der Waals surface area contributed by atoms with Gasteiger partial charge in [0, 0.05) is 5.33 Å². The van der Waals surface area contributed by atoms with Gasteiger partial charge in [0.25, 0.3) is 0 Å². The first-order valence-electron chi connectivity index (χ1n) is 4.09. The fourth-order valence-corrected chi connectivity index (χ4v) is 3.79. The Morgan fingerprint density at radius 1 is 1.69 bits per heavy atom. The topological polar surface area (TPSA) is 26.3 Å². The van der Waals surface area contributed by atoms with Gasteiger partial charge in [-0.3, -0.25) is 0 Å². The van der Waals surface area contributed by atoms with E-state index in [-0.39, 0.29) is 16.9 Å². The minimum absolute atomic E-state index is 0.175. The van der Waals surface area contributed by atoms with Crippen LogP contribution in [0.15, 0.2) is 22.5 Å². The number of carbonyl (C=O) groups is 1. The molecule has 0 saturated carbocycles. The van der Waals surface area contributed by atoms with Crippen LogP contribution in [0.1, 0.15) is 6.42 Å². The molecule has 0 fully saturated rings. The minimum Gasteiger partial charge on any atom is -0.465 e. The number of thiol groups is 1. The molecule has 4 heteroatoms. The van der Waals surface area contributed by atoms with Gasteiger partial charge in [0.2, 0.25) is 0 Å². The molecule has 0 saturated heterocycles. The lowest BCUT2D eigenvalue weighted by Gasteiger charge is -2.14. The summed E-state index contributed by atoms with van der Waals surface area (Å²) in [6.45, 7) is 0. The molecular weight excluding hydrogens is 252 g/mol. The molecule has 0 bridgehead atoms. The van der Waals surface area contributed by atoms with Crippen molar-refractivity contribution in [1.29, 1.82) is 0 Å². The molecule has 13 heavy (non-hydrogen) atoms. The van der Waals surface area contributed by atoms with Crippen molar-refractivity contribution in [2.24, 2.45) is 0 Å². The van der Waals surface area contributed by atoms with Gasteiger partial charge in [0.05, 0.1) is 12.0 Å². The van der Waals surface area contributed by atoms with E-state index in [0.717, 1.165) is 22.4 Å². The van der Waals surface area contributed by atoms with E-state index in [1.165, 1.54) is 7.11 Å². The van der Waals surface area contributed by atoms with E-state index in [1.807, 2.05) is 12.2 Å². The highest BCUT2D eigenvalue weighted by Gasteiger charge is 2.18. The Kier molecular flexibility index (Phi) is 4.59. The SMILES string of the molecule is COC(=O)C1=CC=C[SH]1CCCBr. The van der Waals surface area contributed by atoms with E-state index in [0.29, 0.717) is 0 Å². The number of methoxy groups -OCH3 is 1. The smallest absolute Gasteiger partial charge is 0.342 e. The monoisotopic (exact) mass is 264 g/mol. The van der Waals surface area contributed by atoms with Crippen LogP contribution in [0.5, 0.6) is 0 Å². The summed E-state index contributed by atoms with van der Waals surface area (Å²) in [7, 11) is 1.05. The number of hydrogen-bond acceptors (Lipinski definition) is 2. The predicted octanol–water partition coefficient (Wildman–Crippen LogP) is 2.36. The third-order valence-corrected chi connectivity index (χ3v) is 4.60. The normalized spacial score (nSPS) is 22.9. The number of rotatable bonds is 4. The molecule has 0 amide bonds. The average Bonchev–Trinajstić information content (AvgIpc) is 2.61. The zero-order valence-corrected chi connectivity index (χ0v) is 9.98. The van der Waals surface area contributed by atoms with Crippen LogP contribution in [-0.4, -0.2) is 24.2 Å². The van der Waals surface area contributed by atoms with E-state index in [9.17, 15) is 4.79 Å². The second-order valence-electron chi connectivity index (χ2n) is 2.62. The Morgan fingerprint density at radius 2 is 2.46 bits per heavy atom.